The highest BCUT2D eigenvalue weighted by atomic mass is 79.9. The van der Waals surface area contributed by atoms with Crippen LogP contribution in [0.4, 0.5) is 0 Å². The lowest BCUT2D eigenvalue weighted by Crippen LogP contribution is -2.12. The Morgan fingerprint density at radius 1 is 1.36 bits per heavy atom. The molecular formula is C10H9BrN2O. The van der Waals surface area contributed by atoms with Crippen LogP contribution in [0.2, 0.25) is 0 Å². The second kappa shape index (κ2) is 3.92. The molecule has 1 aromatic heterocycles. The van der Waals surface area contributed by atoms with Gasteiger partial charge in [-0.1, -0.05) is 28.1 Å². The Hall–Kier alpha value is -1.16. The molecular weight excluding hydrogens is 244 g/mol. The van der Waals surface area contributed by atoms with Crippen molar-refractivity contribution < 1.29 is 0 Å². The lowest BCUT2D eigenvalue weighted by atomic mass is 10.2. The molecule has 4 heteroatoms. The van der Waals surface area contributed by atoms with E-state index in [1.54, 1.807) is 0 Å². The molecule has 0 unspecified atom stereocenters. The molecule has 2 rings (SSSR count). The Morgan fingerprint density at radius 3 is 2.93 bits per heavy atom. The molecule has 0 aliphatic rings. The summed E-state index contributed by atoms with van der Waals surface area (Å²) in [5, 5.41) is 5.62. The highest BCUT2D eigenvalue weighted by Crippen LogP contribution is 2.07. The summed E-state index contributed by atoms with van der Waals surface area (Å²) in [6.45, 7) is 0.765. The first kappa shape index (κ1) is 9.40. The maximum absolute atomic E-state index is 11.4. The highest BCUT2D eigenvalue weighted by molar-refractivity contribution is 9.09. The van der Waals surface area contributed by atoms with Crippen LogP contribution in [0.1, 0.15) is 0 Å². The Labute approximate surface area is 89.5 Å². The van der Waals surface area contributed by atoms with Gasteiger partial charge in [-0.15, -0.1) is 0 Å². The number of aromatic nitrogens is 2. The Morgan fingerprint density at radius 2 is 2.14 bits per heavy atom. The minimum Gasteiger partial charge on any atom is -0.287 e. The van der Waals surface area contributed by atoms with Gasteiger partial charge >= 0.3 is 0 Å². The third kappa shape index (κ3) is 1.57. The summed E-state index contributed by atoms with van der Waals surface area (Å²) >= 11 is 3.35. The van der Waals surface area contributed by atoms with Crippen molar-refractivity contribution >= 4 is 26.8 Å². The number of rotatable bonds is 2. The molecule has 0 N–H and O–H groups in total. The molecule has 1 heterocycles. The van der Waals surface area contributed by atoms with Crippen LogP contribution >= 0.6 is 15.9 Å². The molecule has 2 aromatic rings. The predicted octanol–water partition coefficient (Wildman–Crippen LogP) is 1.79. The van der Waals surface area contributed by atoms with Crippen LogP contribution in [0.3, 0.4) is 0 Å². The number of aryl methyl sites for hydroxylation is 1. The van der Waals surface area contributed by atoms with Gasteiger partial charge in [0.05, 0.1) is 18.3 Å². The first-order valence-electron chi connectivity index (χ1n) is 4.34. The summed E-state index contributed by atoms with van der Waals surface area (Å²) in [4.78, 5) is 11.4. The molecule has 0 amide bonds. The number of hydrogen-bond donors (Lipinski definition) is 0. The van der Waals surface area contributed by atoms with Crippen LogP contribution in [0.5, 0.6) is 0 Å². The average molecular weight is 253 g/mol. The maximum Gasteiger partial charge on any atom is 0.207 e. The standard InChI is InChI=1S/C10H9BrN2O/c11-5-6-13-9-4-2-1-3-8(9)10(14)7-12-13/h1-4,7H,5-6H2. The molecule has 0 saturated carbocycles. The molecule has 0 aliphatic carbocycles. The topological polar surface area (TPSA) is 34.9 Å². The molecule has 0 spiro atoms. The van der Waals surface area contributed by atoms with Gasteiger partial charge in [0.25, 0.3) is 0 Å². The zero-order valence-corrected chi connectivity index (χ0v) is 9.07. The molecule has 72 valence electrons. The van der Waals surface area contributed by atoms with E-state index in [4.69, 9.17) is 0 Å². The van der Waals surface area contributed by atoms with E-state index >= 15 is 0 Å². The van der Waals surface area contributed by atoms with Crippen LogP contribution in [0.15, 0.2) is 35.3 Å². The van der Waals surface area contributed by atoms with Crippen LogP contribution in [0.25, 0.3) is 10.9 Å². The van der Waals surface area contributed by atoms with E-state index in [-0.39, 0.29) is 5.43 Å². The van der Waals surface area contributed by atoms with Crippen molar-refractivity contribution in [3.63, 3.8) is 0 Å². The maximum atomic E-state index is 11.4. The number of para-hydroxylation sites is 1. The Balaban J connectivity index is 2.75. The fraction of sp³-hybridized carbons (Fsp3) is 0.200. The number of fused-ring (bicyclic) bond motifs is 1. The Kier molecular flexibility index (Phi) is 2.63. The number of alkyl halides is 1. The van der Waals surface area contributed by atoms with Gasteiger partial charge in [0.1, 0.15) is 0 Å². The van der Waals surface area contributed by atoms with Gasteiger partial charge in [-0.25, -0.2) is 0 Å². The van der Waals surface area contributed by atoms with Gasteiger partial charge < -0.3 is 0 Å². The van der Waals surface area contributed by atoms with E-state index in [2.05, 4.69) is 21.0 Å². The summed E-state index contributed by atoms with van der Waals surface area (Å²) in [7, 11) is 0. The monoisotopic (exact) mass is 252 g/mol. The molecule has 0 radical (unpaired) electrons. The minimum absolute atomic E-state index is 0.0218. The second-order valence-corrected chi connectivity index (χ2v) is 3.73. The average Bonchev–Trinajstić information content (AvgIpc) is 2.23. The van der Waals surface area contributed by atoms with Crippen molar-refractivity contribution in [1.29, 1.82) is 0 Å². The molecule has 0 atom stereocenters. The summed E-state index contributed by atoms with van der Waals surface area (Å²) in [5.74, 6) is 0. The van der Waals surface area contributed by atoms with E-state index in [9.17, 15) is 4.79 Å². The number of halogens is 1. The summed E-state index contributed by atoms with van der Waals surface area (Å²) in [6, 6.07) is 7.51. The molecule has 0 fully saturated rings. The zero-order chi connectivity index (χ0) is 9.97. The van der Waals surface area contributed by atoms with Crippen molar-refractivity contribution in [2.45, 2.75) is 6.54 Å². The first-order chi connectivity index (χ1) is 6.83. The molecule has 0 bridgehead atoms. The number of nitrogens with zero attached hydrogens (tertiary/aromatic N) is 2. The highest BCUT2D eigenvalue weighted by Gasteiger charge is 2.01. The van der Waals surface area contributed by atoms with E-state index in [1.807, 2.05) is 28.9 Å². The summed E-state index contributed by atoms with van der Waals surface area (Å²) in [5.41, 5.74) is 0.867. The normalized spacial score (nSPS) is 10.6. The smallest absolute Gasteiger partial charge is 0.207 e. The molecule has 3 nitrogen and oxygen atoms in total. The number of hydrogen-bond acceptors (Lipinski definition) is 2. The molecule has 1 aromatic carbocycles. The minimum atomic E-state index is -0.0218. The molecule has 0 aliphatic heterocycles. The predicted molar refractivity (Wildman–Crippen MR) is 59.8 cm³/mol. The van der Waals surface area contributed by atoms with Gasteiger partial charge in [0, 0.05) is 10.7 Å². The van der Waals surface area contributed by atoms with Crippen molar-refractivity contribution in [2.24, 2.45) is 0 Å². The van der Waals surface area contributed by atoms with Crippen LogP contribution < -0.4 is 5.43 Å². The third-order valence-electron chi connectivity index (χ3n) is 2.06. The number of benzene rings is 1. The van der Waals surface area contributed by atoms with Crippen molar-refractivity contribution in [2.75, 3.05) is 5.33 Å². The summed E-state index contributed by atoms with van der Waals surface area (Å²) in [6.07, 6.45) is 1.37. The zero-order valence-electron chi connectivity index (χ0n) is 7.48. The molecule has 0 saturated heterocycles. The van der Waals surface area contributed by atoms with Gasteiger partial charge in [-0.3, -0.25) is 9.48 Å². The fourth-order valence-corrected chi connectivity index (χ4v) is 1.76. The lowest BCUT2D eigenvalue weighted by Gasteiger charge is -2.06. The fourth-order valence-electron chi connectivity index (χ4n) is 1.42. The lowest BCUT2D eigenvalue weighted by molar-refractivity contribution is 0.677. The summed E-state index contributed by atoms with van der Waals surface area (Å²) < 4.78 is 1.82. The van der Waals surface area contributed by atoms with Crippen LogP contribution in [-0.2, 0) is 6.54 Å². The third-order valence-corrected chi connectivity index (χ3v) is 2.41. The van der Waals surface area contributed by atoms with Gasteiger partial charge in [0.2, 0.25) is 5.43 Å². The first-order valence-corrected chi connectivity index (χ1v) is 5.46. The van der Waals surface area contributed by atoms with Gasteiger partial charge in [-0.2, -0.15) is 5.10 Å². The largest absolute Gasteiger partial charge is 0.287 e. The van der Waals surface area contributed by atoms with E-state index in [0.29, 0.717) is 0 Å². The van der Waals surface area contributed by atoms with Crippen LogP contribution in [-0.4, -0.2) is 15.1 Å². The van der Waals surface area contributed by atoms with Crippen molar-refractivity contribution in [3.8, 4) is 0 Å². The molecule has 14 heavy (non-hydrogen) atoms. The van der Waals surface area contributed by atoms with E-state index in [1.165, 1.54) is 6.20 Å². The second-order valence-electron chi connectivity index (χ2n) is 2.94. The Bertz CT molecular complexity index is 507. The van der Waals surface area contributed by atoms with E-state index < -0.39 is 0 Å². The van der Waals surface area contributed by atoms with Crippen molar-refractivity contribution in [3.05, 3.63) is 40.7 Å². The van der Waals surface area contributed by atoms with E-state index in [0.717, 1.165) is 22.8 Å². The van der Waals surface area contributed by atoms with Gasteiger partial charge in [0.15, 0.2) is 0 Å². The SMILES string of the molecule is O=c1cnn(CCBr)c2ccccc12. The van der Waals surface area contributed by atoms with Gasteiger partial charge in [-0.05, 0) is 12.1 Å². The van der Waals surface area contributed by atoms with Crippen LogP contribution in [0, 0.1) is 0 Å². The quantitative estimate of drug-likeness (QED) is 0.765. The van der Waals surface area contributed by atoms with Crippen molar-refractivity contribution in [1.82, 2.24) is 9.78 Å².